The zero-order valence-corrected chi connectivity index (χ0v) is 10.0. The van der Waals surface area contributed by atoms with E-state index >= 15 is 0 Å². The summed E-state index contributed by atoms with van der Waals surface area (Å²) in [6.07, 6.45) is 0. The Labute approximate surface area is 105 Å². The first-order valence-corrected chi connectivity index (χ1v) is 5.46. The highest BCUT2D eigenvalue weighted by Crippen LogP contribution is 2.18. The number of hydrogen-bond acceptors (Lipinski definition) is 3. The molecule has 0 spiro atoms. The fraction of sp³-hybridized carbons (Fsp3) is 0.182. The lowest BCUT2D eigenvalue weighted by molar-refractivity contribution is 0.0685. The van der Waals surface area contributed by atoms with Crippen LogP contribution in [0.25, 0.3) is 11.0 Å². The number of halogens is 2. The van der Waals surface area contributed by atoms with E-state index in [1.807, 2.05) is 0 Å². The maximum atomic E-state index is 13.3. The number of carboxylic acids is 1. The average molecular weight is 271 g/mol. The van der Waals surface area contributed by atoms with Crippen LogP contribution in [0.15, 0.2) is 16.9 Å². The van der Waals surface area contributed by atoms with Gasteiger partial charge in [0.25, 0.3) is 0 Å². The summed E-state index contributed by atoms with van der Waals surface area (Å²) in [4.78, 5) is 26.5. The van der Waals surface area contributed by atoms with Gasteiger partial charge >= 0.3 is 5.97 Å². The summed E-state index contributed by atoms with van der Waals surface area (Å²) in [5.41, 5.74) is -0.742. The topological polar surface area (TPSA) is 72.2 Å². The number of aromatic carboxylic acids is 1. The van der Waals surface area contributed by atoms with E-state index in [0.717, 1.165) is 12.1 Å². The number of hydrogen-bond donors (Lipinski definition) is 1. The molecule has 2 aromatic rings. The third kappa shape index (κ3) is 1.84. The van der Waals surface area contributed by atoms with Gasteiger partial charge < -0.3 is 9.67 Å². The predicted molar refractivity (Wildman–Crippen MR) is 63.6 cm³/mol. The summed E-state index contributed by atoms with van der Waals surface area (Å²) in [5, 5.41) is 8.62. The molecule has 0 bridgehead atoms. The number of fused-ring (bicyclic) bond motifs is 1. The van der Waals surface area contributed by atoms with Crippen LogP contribution in [-0.4, -0.2) is 20.6 Å². The van der Waals surface area contributed by atoms with Crippen molar-refractivity contribution in [2.75, 3.05) is 0 Å². The van der Waals surface area contributed by atoms with Gasteiger partial charge in [-0.25, -0.2) is 14.2 Å². The molecular weight excluding hydrogens is 263 g/mol. The van der Waals surface area contributed by atoms with Crippen LogP contribution in [0, 0.1) is 5.82 Å². The minimum atomic E-state index is -1.25. The molecule has 2 aromatic heterocycles. The van der Waals surface area contributed by atoms with Crippen LogP contribution < -0.4 is 5.43 Å². The number of carbonyl (C=O) groups is 1. The van der Waals surface area contributed by atoms with Gasteiger partial charge in [0.05, 0.1) is 5.39 Å². The molecule has 7 heteroatoms. The molecule has 1 N–H and O–H groups in total. The van der Waals surface area contributed by atoms with Crippen molar-refractivity contribution in [2.24, 2.45) is 0 Å². The minimum Gasteiger partial charge on any atom is -0.477 e. The number of aromatic nitrogens is 2. The van der Waals surface area contributed by atoms with Crippen molar-refractivity contribution >= 4 is 28.6 Å². The number of rotatable bonds is 2. The lowest BCUT2D eigenvalue weighted by atomic mass is 10.2. The molecule has 0 amide bonds. The summed E-state index contributed by atoms with van der Waals surface area (Å²) >= 11 is 5.55. The second-order valence-corrected chi connectivity index (χ2v) is 3.93. The fourth-order valence-corrected chi connectivity index (χ4v) is 1.87. The van der Waals surface area contributed by atoms with E-state index in [1.54, 1.807) is 6.92 Å². The Kier molecular flexibility index (Phi) is 3.04. The Morgan fingerprint density at radius 1 is 1.56 bits per heavy atom. The van der Waals surface area contributed by atoms with E-state index in [2.05, 4.69) is 4.98 Å². The summed E-state index contributed by atoms with van der Waals surface area (Å²) in [6.45, 7) is 1.96. The van der Waals surface area contributed by atoms with Crippen molar-refractivity contribution in [1.29, 1.82) is 0 Å². The van der Waals surface area contributed by atoms with Crippen molar-refractivity contribution in [3.8, 4) is 0 Å². The normalized spacial score (nSPS) is 10.8. The maximum absolute atomic E-state index is 13.3. The molecule has 0 aliphatic rings. The van der Waals surface area contributed by atoms with Gasteiger partial charge in [-0.05, 0) is 13.0 Å². The molecule has 2 rings (SSSR count). The van der Waals surface area contributed by atoms with Gasteiger partial charge in [0.1, 0.15) is 11.3 Å². The van der Waals surface area contributed by atoms with Crippen LogP contribution in [0.1, 0.15) is 17.4 Å². The van der Waals surface area contributed by atoms with Gasteiger partial charge in [0.2, 0.25) is 0 Å². The highest BCUT2D eigenvalue weighted by atomic mass is 35.5. The van der Waals surface area contributed by atoms with Crippen LogP contribution >= 0.6 is 11.6 Å². The molecule has 0 saturated heterocycles. The van der Waals surface area contributed by atoms with Crippen molar-refractivity contribution in [3.63, 3.8) is 0 Å². The second kappa shape index (κ2) is 4.38. The molecule has 2 heterocycles. The highest BCUT2D eigenvalue weighted by molar-refractivity contribution is 6.29. The highest BCUT2D eigenvalue weighted by Gasteiger charge is 2.16. The summed E-state index contributed by atoms with van der Waals surface area (Å²) in [6, 6.07) is 1.91. The Hall–Kier alpha value is -1.95. The Morgan fingerprint density at radius 3 is 2.78 bits per heavy atom. The molecule has 0 aliphatic carbocycles. The lowest BCUT2D eigenvalue weighted by Gasteiger charge is -2.11. The van der Waals surface area contributed by atoms with Gasteiger partial charge in [-0.3, -0.25) is 4.79 Å². The summed E-state index contributed by atoms with van der Waals surface area (Å²) < 4.78 is 14.6. The molecule has 18 heavy (non-hydrogen) atoms. The molecule has 5 nitrogen and oxygen atoms in total. The van der Waals surface area contributed by atoms with Gasteiger partial charge in [-0.15, -0.1) is 0 Å². The third-order valence-corrected chi connectivity index (χ3v) is 2.79. The molecular formula is C11H8ClFN2O3. The lowest BCUT2D eigenvalue weighted by Crippen LogP contribution is -2.18. The third-order valence-electron chi connectivity index (χ3n) is 2.53. The number of nitrogens with zero attached hydrogens (tertiary/aromatic N) is 2. The van der Waals surface area contributed by atoms with Gasteiger partial charge in [0, 0.05) is 12.6 Å². The Bertz CT molecular complexity index is 711. The molecule has 0 atom stereocenters. The van der Waals surface area contributed by atoms with Gasteiger partial charge in [0.15, 0.2) is 16.4 Å². The van der Waals surface area contributed by atoms with Crippen molar-refractivity contribution in [1.82, 2.24) is 9.55 Å². The number of carboxylic acid groups (broad SMARTS) is 1. The molecule has 0 saturated carbocycles. The van der Waals surface area contributed by atoms with Crippen LogP contribution in [-0.2, 0) is 6.54 Å². The summed E-state index contributed by atoms with van der Waals surface area (Å²) in [5.74, 6) is -2.06. The second-order valence-electron chi connectivity index (χ2n) is 3.58. The summed E-state index contributed by atoms with van der Waals surface area (Å²) in [7, 11) is 0. The monoisotopic (exact) mass is 270 g/mol. The Balaban J connectivity index is 3.00. The van der Waals surface area contributed by atoms with E-state index in [-0.39, 0.29) is 23.3 Å². The number of pyridine rings is 2. The van der Waals surface area contributed by atoms with Crippen LogP contribution in [0.5, 0.6) is 0 Å². The van der Waals surface area contributed by atoms with Crippen LogP contribution in [0.2, 0.25) is 5.15 Å². The predicted octanol–water partition coefficient (Wildman–Crippen LogP) is 1.91. The van der Waals surface area contributed by atoms with Crippen molar-refractivity contribution in [2.45, 2.75) is 13.5 Å². The van der Waals surface area contributed by atoms with E-state index in [0.29, 0.717) is 0 Å². The first kappa shape index (κ1) is 12.5. The zero-order valence-electron chi connectivity index (χ0n) is 9.28. The molecule has 0 aliphatic heterocycles. The maximum Gasteiger partial charge on any atom is 0.352 e. The largest absolute Gasteiger partial charge is 0.477 e. The molecule has 0 fully saturated rings. The SMILES string of the molecule is CCn1c(C(=O)O)cc(=O)c2cc(F)c(Cl)nc21. The van der Waals surface area contributed by atoms with Crippen molar-refractivity contribution < 1.29 is 14.3 Å². The average Bonchev–Trinajstić information content (AvgIpc) is 2.31. The van der Waals surface area contributed by atoms with E-state index < -0.39 is 22.4 Å². The number of aryl methyl sites for hydroxylation is 1. The molecule has 94 valence electrons. The van der Waals surface area contributed by atoms with Crippen LogP contribution in [0.3, 0.4) is 0 Å². The quantitative estimate of drug-likeness (QED) is 0.846. The fourth-order valence-electron chi connectivity index (χ4n) is 1.74. The molecule has 0 aromatic carbocycles. The minimum absolute atomic E-state index is 0.00347. The smallest absolute Gasteiger partial charge is 0.352 e. The first-order valence-electron chi connectivity index (χ1n) is 5.08. The molecule has 0 radical (unpaired) electrons. The van der Waals surface area contributed by atoms with Gasteiger partial charge in [-0.2, -0.15) is 0 Å². The Morgan fingerprint density at radius 2 is 2.22 bits per heavy atom. The van der Waals surface area contributed by atoms with E-state index in [1.165, 1.54) is 4.57 Å². The van der Waals surface area contributed by atoms with Gasteiger partial charge in [-0.1, -0.05) is 11.6 Å². The van der Waals surface area contributed by atoms with Crippen LogP contribution in [0.4, 0.5) is 4.39 Å². The molecule has 0 unspecified atom stereocenters. The van der Waals surface area contributed by atoms with Crippen molar-refractivity contribution in [3.05, 3.63) is 39.0 Å². The first-order chi connectivity index (χ1) is 8.45. The zero-order chi connectivity index (χ0) is 13.4. The van der Waals surface area contributed by atoms with E-state index in [4.69, 9.17) is 16.7 Å². The van der Waals surface area contributed by atoms with E-state index in [9.17, 15) is 14.0 Å². The standard InChI is InChI=1S/C11H8ClFN2O3/c1-2-15-7(11(17)18)4-8(16)5-3-6(13)9(12)14-10(5)15/h3-4H,2H2,1H3,(H,17,18).